The van der Waals surface area contributed by atoms with Gasteiger partial charge in [-0.2, -0.15) is 0 Å². The summed E-state index contributed by atoms with van der Waals surface area (Å²) in [5.74, 6) is 0. The molecule has 58 valence electrons. The lowest BCUT2D eigenvalue weighted by atomic mass is 9.90. The molecule has 0 aliphatic heterocycles. The van der Waals surface area contributed by atoms with Crippen LogP contribution in [0.3, 0.4) is 0 Å². The Hall–Kier alpha value is -0.0951. The van der Waals surface area contributed by atoms with Crippen molar-refractivity contribution in [2.24, 2.45) is 0 Å². The largest absolute Gasteiger partial charge is 0.499 e. The molecular weight excluding hydrogens is 227 g/mol. The molecule has 0 aromatic carbocycles. The van der Waals surface area contributed by atoms with E-state index < -0.39 is 7.12 Å². The van der Waals surface area contributed by atoms with Crippen LogP contribution in [0.15, 0.2) is 17.1 Å². The maximum atomic E-state index is 8.74. The third-order valence-corrected chi connectivity index (χ3v) is 2.48. The van der Waals surface area contributed by atoms with Crippen molar-refractivity contribution in [1.82, 2.24) is 0 Å². The highest BCUT2D eigenvalue weighted by atomic mass is 79.9. The molecule has 0 saturated carbocycles. The van der Waals surface area contributed by atoms with E-state index in [9.17, 15) is 0 Å². The van der Waals surface area contributed by atoms with Gasteiger partial charge in [0.25, 0.3) is 0 Å². The molecule has 0 spiro atoms. The zero-order valence-electron chi connectivity index (χ0n) is 5.57. The van der Waals surface area contributed by atoms with Crippen molar-refractivity contribution in [3.05, 3.63) is 22.0 Å². The molecule has 1 heterocycles. The summed E-state index contributed by atoms with van der Waals surface area (Å²) >= 11 is 4.48. The van der Waals surface area contributed by atoms with Gasteiger partial charge in [-0.05, 0) is 17.1 Å². The molecule has 0 aliphatic rings. The molecule has 0 atom stereocenters. The zero-order chi connectivity index (χ0) is 8.27. The Morgan fingerprint density at radius 1 is 1.45 bits per heavy atom. The van der Waals surface area contributed by atoms with Crippen LogP contribution in [0.1, 0.15) is 4.88 Å². The minimum absolute atomic E-state index is 0.561. The third kappa shape index (κ3) is 2.45. The highest BCUT2D eigenvalue weighted by Gasteiger charge is 2.12. The Morgan fingerprint density at radius 3 is 2.64 bits per heavy atom. The van der Waals surface area contributed by atoms with Gasteiger partial charge in [0.05, 0.1) is 0 Å². The molecule has 0 amide bonds. The van der Waals surface area contributed by atoms with Crippen molar-refractivity contribution in [2.75, 3.05) is 0 Å². The van der Waals surface area contributed by atoms with Crippen molar-refractivity contribution in [3.8, 4) is 0 Å². The average Bonchev–Trinajstić information content (AvgIpc) is 2.37. The fourth-order valence-electron chi connectivity index (χ4n) is 0.659. The molecule has 11 heavy (non-hydrogen) atoms. The lowest BCUT2D eigenvalue weighted by Crippen LogP contribution is -2.26. The first-order chi connectivity index (χ1) is 5.24. The van der Waals surface area contributed by atoms with Gasteiger partial charge in [-0.1, -0.05) is 22.0 Å². The fourth-order valence-corrected chi connectivity index (χ4v) is 1.90. The van der Waals surface area contributed by atoms with Crippen LogP contribution in [0.4, 0.5) is 0 Å². The van der Waals surface area contributed by atoms with Crippen LogP contribution in [0, 0.1) is 0 Å². The van der Waals surface area contributed by atoms with E-state index >= 15 is 0 Å². The van der Waals surface area contributed by atoms with Gasteiger partial charge in [-0.15, -0.1) is 11.3 Å². The minimum atomic E-state index is -1.35. The van der Waals surface area contributed by atoms with E-state index in [2.05, 4.69) is 15.9 Å². The van der Waals surface area contributed by atoms with Gasteiger partial charge >= 0.3 is 7.12 Å². The normalized spacial score (nSPS) is 10.8. The van der Waals surface area contributed by atoms with Gasteiger partial charge in [-0.25, -0.2) is 0 Å². The molecule has 2 nitrogen and oxygen atoms in total. The molecule has 1 aromatic heterocycles. The summed E-state index contributed by atoms with van der Waals surface area (Å²) in [5.41, 5.74) is 0. The summed E-state index contributed by atoms with van der Waals surface area (Å²) in [6.45, 7) is 0. The SMILES string of the molecule is OB(O)c1ccc(/C=C/Br)s1. The minimum Gasteiger partial charge on any atom is -0.423 e. The maximum Gasteiger partial charge on any atom is 0.499 e. The number of halogens is 1. The van der Waals surface area contributed by atoms with E-state index in [0.717, 1.165) is 4.88 Å². The van der Waals surface area contributed by atoms with E-state index in [0.29, 0.717) is 4.78 Å². The van der Waals surface area contributed by atoms with Gasteiger partial charge in [0, 0.05) is 9.65 Å². The molecule has 0 saturated heterocycles. The van der Waals surface area contributed by atoms with Crippen molar-refractivity contribution >= 4 is 45.2 Å². The Balaban J connectivity index is 2.81. The van der Waals surface area contributed by atoms with Gasteiger partial charge < -0.3 is 10.0 Å². The first kappa shape index (κ1) is 9.00. The van der Waals surface area contributed by atoms with Crippen LogP contribution in [0.2, 0.25) is 0 Å². The third-order valence-electron chi connectivity index (χ3n) is 1.13. The molecule has 2 N–H and O–H groups in total. The summed E-state index contributed by atoms with van der Waals surface area (Å²) in [7, 11) is -1.35. The van der Waals surface area contributed by atoms with E-state index in [-0.39, 0.29) is 0 Å². The number of hydrogen-bond acceptors (Lipinski definition) is 3. The fraction of sp³-hybridized carbons (Fsp3) is 0. The average molecular weight is 233 g/mol. The Morgan fingerprint density at radius 2 is 2.18 bits per heavy atom. The molecule has 0 bridgehead atoms. The van der Waals surface area contributed by atoms with Gasteiger partial charge in [0.15, 0.2) is 0 Å². The van der Waals surface area contributed by atoms with Crippen LogP contribution < -0.4 is 4.78 Å². The van der Waals surface area contributed by atoms with Crippen molar-refractivity contribution in [3.63, 3.8) is 0 Å². The topological polar surface area (TPSA) is 40.5 Å². The van der Waals surface area contributed by atoms with Crippen LogP contribution in [0.25, 0.3) is 6.08 Å². The summed E-state index contributed by atoms with van der Waals surface area (Å²) < 4.78 is 0.561. The predicted molar refractivity (Wildman–Crippen MR) is 52.1 cm³/mol. The number of rotatable bonds is 2. The number of thiophene rings is 1. The van der Waals surface area contributed by atoms with Crippen LogP contribution in [-0.4, -0.2) is 17.2 Å². The second-order valence-electron chi connectivity index (χ2n) is 1.91. The lowest BCUT2D eigenvalue weighted by molar-refractivity contribution is 0.427. The second-order valence-corrected chi connectivity index (χ2v) is 3.58. The van der Waals surface area contributed by atoms with Crippen LogP contribution in [0.5, 0.6) is 0 Å². The Kier molecular flexibility index (Phi) is 3.32. The lowest BCUT2D eigenvalue weighted by Gasteiger charge is -1.88. The molecule has 0 unspecified atom stereocenters. The van der Waals surface area contributed by atoms with Gasteiger partial charge in [-0.3, -0.25) is 0 Å². The summed E-state index contributed by atoms with van der Waals surface area (Å²) in [5, 5.41) is 17.5. The van der Waals surface area contributed by atoms with Crippen molar-refractivity contribution < 1.29 is 10.0 Å². The molecule has 5 heteroatoms. The first-order valence-electron chi connectivity index (χ1n) is 2.96. The van der Waals surface area contributed by atoms with E-state index in [1.54, 1.807) is 11.1 Å². The predicted octanol–water partition coefficient (Wildman–Crippen LogP) is 0.793. The maximum absolute atomic E-state index is 8.74. The van der Waals surface area contributed by atoms with Gasteiger partial charge in [0.2, 0.25) is 0 Å². The highest BCUT2D eigenvalue weighted by molar-refractivity contribution is 9.11. The molecule has 0 fully saturated rings. The van der Waals surface area contributed by atoms with Gasteiger partial charge in [0.1, 0.15) is 0 Å². The first-order valence-corrected chi connectivity index (χ1v) is 4.70. The highest BCUT2D eigenvalue weighted by Crippen LogP contribution is 2.09. The number of hydrogen-bond donors (Lipinski definition) is 2. The summed E-state index contributed by atoms with van der Waals surface area (Å²) in [4.78, 5) is 2.72. The zero-order valence-corrected chi connectivity index (χ0v) is 7.97. The Labute approximate surface area is 77.5 Å². The molecular formula is C6H6BBrO2S. The second kappa shape index (κ2) is 4.06. The molecule has 0 radical (unpaired) electrons. The summed E-state index contributed by atoms with van der Waals surface area (Å²) in [6, 6.07) is 3.52. The Bertz CT molecular complexity index is 259. The van der Waals surface area contributed by atoms with E-state index in [1.165, 1.54) is 11.3 Å². The molecule has 1 rings (SSSR count). The smallest absolute Gasteiger partial charge is 0.423 e. The van der Waals surface area contributed by atoms with Crippen LogP contribution >= 0.6 is 27.3 Å². The van der Waals surface area contributed by atoms with E-state index in [4.69, 9.17) is 10.0 Å². The van der Waals surface area contributed by atoms with Crippen LogP contribution in [-0.2, 0) is 0 Å². The monoisotopic (exact) mass is 232 g/mol. The van der Waals surface area contributed by atoms with E-state index in [1.807, 2.05) is 12.1 Å². The van der Waals surface area contributed by atoms with Crippen molar-refractivity contribution in [2.45, 2.75) is 0 Å². The quantitative estimate of drug-likeness (QED) is 0.741. The van der Waals surface area contributed by atoms with Crippen molar-refractivity contribution in [1.29, 1.82) is 0 Å². The standard InChI is InChI=1S/C6H6BBrO2S/c8-4-3-5-1-2-6(11-5)7(9)10/h1-4,9-10H/b4-3+. The molecule has 1 aromatic rings. The molecule has 0 aliphatic carbocycles. The summed E-state index contributed by atoms with van der Waals surface area (Å²) in [6.07, 6.45) is 1.84.